The second-order valence-electron chi connectivity index (χ2n) is 6.81. The second-order valence-corrected chi connectivity index (χ2v) is 8.75. The monoisotopic (exact) mass is 401 g/mol. The second kappa shape index (κ2) is 7.67. The molecule has 1 amide bonds. The molecule has 0 unspecified atom stereocenters. The zero-order chi connectivity index (χ0) is 20.5. The first-order valence-electron chi connectivity index (χ1n) is 8.79. The van der Waals surface area contributed by atoms with Crippen LogP contribution in [0.25, 0.3) is 0 Å². The summed E-state index contributed by atoms with van der Waals surface area (Å²) in [7, 11) is -0.313. The molecule has 0 aliphatic carbocycles. The lowest BCUT2D eigenvalue weighted by atomic mass is 10.0. The molecule has 1 aliphatic rings. The van der Waals surface area contributed by atoms with Gasteiger partial charge < -0.3 is 9.47 Å². The van der Waals surface area contributed by atoms with Crippen LogP contribution in [-0.2, 0) is 9.84 Å². The fourth-order valence-electron chi connectivity index (χ4n) is 3.38. The van der Waals surface area contributed by atoms with Crippen LogP contribution in [0.4, 0.5) is 5.69 Å². The van der Waals surface area contributed by atoms with Crippen molar-refractivity contribution in [1.82, 2.24) is 0 Å². The number of rotatable bonds is 5. The Hall–Kier alpha value is -2.80. The fraction of sp³-hybridized carbons (Fsp3) is 0.286. The Morgan fingerprint density at radius 1 is 1.04 bits per heavy atom. The van der Waals surface area contributed by atoms with Gasteiger partial charge in [-0.25, -0.2) is 8.42 Å². The lowest BCUT2D eigenvalue weighted by Gasteiger charge is -2.29. The van der Waals surface area contributed by atoms with Crippen molar-refractivity contribution in [3.8, 4) is 11.5 Å². The summed E-state index contributed by atoms with van der Waals surface area (Å²) in [6.07, 6.45) is 1.54. The molecule has 148 valence electrons. The maximum atomic E-state index is 13.5. The normalized spacial score (nSPS) is 17.4. The van der Waals surface area contributed by atoms with E-state index in [1.165, 1.54) is 12.0 Å². The molecular formula is C21H23NO5S. The maximum absolute atomic E-state index is 13.5. The third kappa shape index (κ3) is 4.04. The van der Waals surface area contributed by atoms with Gasteiger partial charge in [-0.15, -0.1) is 0 Å². The summed E-state index contributed by atoms with van der Waals surface area (Å²) in [5.74, 6) is 0.546. The Morgan fingerprint density at radius 2 is 1.71 bits per heavy atom. The highest BCUT2D eigenvalue weighted by molar-refractivity contribution is 7.94. The van der Waals surface area contributed by atoms with E-state index in [9.17, 15) is 13.2 Å². The molecule has 7 heteroatoms. The molecule has 2 aromatic rings. The van der Waals surface area contributed by atoms with Crippen molar-refractivity contribution in [2.24, 2.45) is 0 Å². The summed E-state index contributed by atoms with van der Waals surface area (Å²) < 4.78 is 34.7. The average molecular weight is 401 g/mol. The van der Waals surface area contributed by atoms with Crippen molar-refractivity contribution in [2.45, 2.75) is 19.9 Å². The van der Waals surface area contributed by atoms with Crippen molar-refractivity contribution in [3.63, 3.8) is 0 Å². The first kappa shape index (κ1) is 19.9. The SMILES string of the molecule is COc1ccc(N(C(=O)c2cc(C)cc(C)c2)[C@H]2C=CS(=O)(=O)C2)c(OC)c1. The van der Waals surface area contributed by atoms with E-state index in [4.69, 9.17) is 9.47 Å². The number of amides is 1. The number of benzene rings is 2. The number of carbonyl (C=O) groups excluding carboxylic acids is 1. The molecule has 3 rings (SSSR count). The van der Waals surface area contributed by atoms with Gasteiger partial charge >= 0.3 is 0 Å². The zero-order valence-corrected chi connectivity index (χ0v) is 17.1. The highest BCUT2D eigenvalue weighted by Gasteiger charge is 2.33. The first-order chi connectivity index (χ1) is 13.2. The third-order valence-corrected chi connectivity index (χ3v) is 5.95. The van der Waals surface area contributed by atoms with E-state index in [0.29, 0.717) is 22.7 Å². The quantitative estimate of drug-likeness (QED) is 0.769. The largest absolute Gasteiger partial charge is 0.497 e. The van der Waals surface area contributed by atoms with E-state index in [2.05, 4.69) is 0 Å². The molecule has 0 bridgehead atoms. The van der Waals surface area contributed by atoms with Gasteiger partial charge in [-0.3, -0.25) is 9.69 Å². The smallest absolute Gasteiger partial charge is 0.258 e. The van der Waals surface area contributed by atoms with Gasteiger partial charge in [-0.1, -0.05) is 17.2 Å². The van der Waals surface area contributed by atoms with Crippen molar-refractivity contribution in [3.05, 3.63) is 64.6 Å². The van der Waals surface area contributed by atoms with Gasteiger partial charge in [0.1, 0.15) is 11.5 Å². The lowest BCUT2D eigenvalue weighted by molar-refractivity contribution is 0.0982. The molecule has 28 heavy (non-hydrogen) atoms. The predicted octanol–water partition coefficient (Wildman–Crippen LogP) is 3.28. The lowest BCUT2D eigenvalue weighted by Crippen LogP contribution is -2.41. The van der Waals surface area contributed by atoms with Crippen molar-refractivity contribution in [2.75, 3.05) is 24.9 Å². The van der Waals surface area contributed by atoms with E-state index in [0.717, 1.165) is 16.5 Å². The third-order valence-electron chi connectivity index (χ3n) is 4.58. The van der Waals surface area contributed by atoms with Gasteiger partial charge in [0, 0.05) is 17.0 Å². The Kier molecular flexibility index (Phi) is 5.47. The molecule has 0 fully saturated rings. The molecule has 1 atom stereocenters. The molecule has 2 aromatic carbocycles. The van der Waals surface area contributed by atoms with Crippen LogP contribution in [0.1, 0.15) is 21.5 Å². The molecule has 0 radical (unpaired) electrons. The van der Waals surface area contributed by atoms with Crippen LogP contribution in [0, 0.1) is 13.8 Å². The van der Waals surface area contributed by atoms with Crippen LogP contribution < -0.4 is 14.4 Å². The molecule has 0 N–H and O–H groups in total. The molecular weight excluding hydrogens is 378 g/mol. The maximum Gasteiger partial charge on any atom is 0.258 e. The van der Waals surface area contributed by atoms with Gasteiger partial charge in [-0.05, 0) is 44.2 Å². The van der Waals surface area contributed by atoms with E-state index in [1.54, 1.807) is 43.5 Å². The van der Waals surface area contributed by atoms with Crippen LogP contribution in [0.2, 0.25) is 0 Å². The predicted molar refractivity (Wildman–Crippen MR) is 109 cm³/mol. The summed E-state index contributed by atoms with van der Waals surface area (Å²) in [6.45, 7) is 3.84. The summed E-state index contributed by atoms with van der Waals surface area (Å²) in [6, 6.07) is 10.0. The molecule has 1 aliphatic heterocycles. The Balaban J connectivity index is 2.13. The zero-order valence-electron chi connectivity index (χ0n) is 16.3. The number of carbonyl (C=O) groups is 1. The number of nitrogens with zero attached hydrogens (tertiary/aromatic N) is 1. The topological polar surface area (TPSA) is 72.9 Å². The highest BCUT2D eigenvalue weighted by Crippen LogP contribution is 2.36. The molecule has 1 heterocycles. The summed E-state index contributed by atoms with van der Waals surface area (Å²) in [4.78, 5) is 15.0. The minimum atomic E-state index is -3.35. The number of aryl methyl sites for hydroxylation is 2. The number of ether oxygens (including phenoxy) is 2. The molecule has 0 saturated carbocycles. The average Bonchev–Trinajstić information content (AvgIpc) is 3.00. The van der Waals surface area contributed by atoms with Crippen LogP contribution in [0.3, 0.4) is 0 Å². The molecule has 0 aromatic heterocycles. The molecule has 0 saturated heterocycles. The first-order valence-corrected chi connectivity index (χ1v) is 10.5. The summed E-state index contributed by atoms with van der Waals surface area (Å²) in [5.41, 5.74) is 2.89. The van der Waals surface area contributed by atoms with E-state index in [-0.39, 0.29) is 11.7 Å². The minimum Gasteiger partial charge on any atom is -0.497 e. The number of methoxy groups -OCH3 is 2. The van der Waals surface area contributed by atoms with Crippen LogP contribution in [0.5, 0.6) is 11.5 Å². The Labute approximate surface area is 165 Å². The van der Waals surface area contributed by atoms with Gasteiger partial charge in [0.25, 0.3) is 5.91 Å². The van der Waals surface area contributed by atoms with Crippen LogP contribution in [-0.4, -0.2) is 40.3 Å². The molecule has 6 nitrogen and oxygen atoms in total. The van der Waals surface area contributed by atoms with Gasteiger partial charge in [0.05, 0.1) is 31.7 Å². The van der Waals surface area contributed by atoms with Gasteiger partial charge in [0.2, 0.25) is 0 Å². The van der Waals surface area contributed by atoms with Crippen molar-refractivity contribution < 1.29 is 22.7 Å². The fourth-order valence-corrected chi connectivity index (χ4v) is 4.65. The summed E-state index contributed by atoms with van der Waals surface area (Å²) in [5, 5.41) is 1.16. The minimum absolute atomic E-state index is 0.168. The summed E-state index contributed by atoms with van der Waals surface area (Å²) >= 11 is 0. The Bertz CT molecular complexity index is 1020. The Morgan fingerprint density at radius 3 is 2.25 bits per heavy atom. The van der Waals surface area contributed by atoms with Crippen molar-refractivity contribution in [1.29, 1.82) is 0 Å². The van der Waals surface area contributed by atoms with Gasteiger partial charge in [0.15, 0.2) is 9.84 Å². The van der Waals surface area contributed by atoms with Crippen molar-refractivity contribution >= 4 is 21.4 Å². The van der Waals surface area contributed by atoms with E-state index < -0.39 is 15.9 Å². The highest BCUT2D eigenvalue weighted by atomic mass is 32.2. The standard InChI is InChI=1S/C21H23NO5S/c1-14-9-15(2)11-16(10-14)21(23)22(17-7-8-28(24,25)13-17)19-6-5-18(26-3)12-20(19)27-4/h5-12,17H,13H2,1-4H3/t17-/m0/s1. The number of anilines is 1. The van der Waals surface area contributed by atoms with E-state index >= 15 is 0 Å². The molecule has 0 spiro atoms. The number of hydrogen-bond donors (Lipinski definition) is 0. The van der Waals surface area contributed by atoms with Gasteiger partial charge in [-0.2, -0.15) is 0 Å². The number of hydrogen-bond acceptors (Lipinski definition) is 5. The number of sulfone groups is 1. The van der Waals surface area contributed by atoms with Crippen LogP contribution >= 0.6 is 0 Å². The van der Waals surface area contributed by atoms with E-state index in [1.807, 2.05) is 19.9 Å². The van der Waals surface area contributed by atoms with Crippen LogP contribution in [0.15, 0.2) is 47.9 Å².